The number of carbonyl (C=O) groups excluding carboxylic acids is 1. The van der Waals surface area contributed by atoms with Gasteiger partial charge in [-0.05, 0) is 49.4 Å². The molecule has 2 aromatic carbocycles. The number of amides is 1. The quantitative estimate of drug-likeness (QED) is 0.707. The molecule has 30 heavy (non-hydrogen) atoms. The Morgan fingerprint density at radius 2 is 1.83 bits per heavy atom. The maximum atomic E-state index is 12.5. The number of rotatable bonds is 5. The van der Waals surface area contributed by atoms with Gasteiger partial charge in [0.05, 0.1) is 17.6 Å². The minimum Gasteiger partial charge on any atom is -0.372 e. The van der Waals surface area contributed by atoms with Crippen molar-refractivity contribution >= 4 is 22.4 Å². The third-order valence-electron chi connectivity index (χ3n) is 5.97. The van der Waals surface area contributed by atoms with E-state index in [1.165, 1.54) is 23.2 Å². The van der Waals surface area contributed by atoms with Crippen LogP contribution in [0.15, 0.2) is 59.5 Å². The van der Waals surface area contributed by atoms with E-state index in [9.17, 15) is 9.59 Å². The van der Waals surface area contributed by atoms with Crippen LogP contribution in [0.1, 0.15) is 38.3 Å². The van der Waals surface area contributed by atoms with Crippen molar-refractivity contribution in [3.63, 3.8) is 0 Å². The minimum atomic E-state index is -0.254. The lowest BCUT2D eigenvalue weighted by Gasteiger charge is -2.32. The van der Waals surface area contributed by atoms with Crippen LogP contribution >= 0.6 is 0 Å². The van der Waals surface area contributed by atoms with Crippen molar-refractivity contribution in [2.75, 3.05) is 18.0 Å². The average molecular weight is 405 g/mol. The van der Waals surface area contributed by atoms with Gasteiger partial charge >= 0.3 is 0 Å². The second kappa shape index (κ2) is 8.69. The third kappa shape index (κ3) is 4.37. The molecule has 2 heterocycles. The number of hydrogen-bond donors (Lipinski definition) is 1. The third-order valence-corrected chi connectivity index (χ3v) is 5.97. The van der Waals surface area contributed by atoms with E-state index < -0.39 is 0 Å². The molecule has 3 aromatic rings. The molecule has 156 valence electrons. The van der Waals surface area contributed by atoms with Gasteiger partial charge in [-0.1, -0.05) is 37.3 Å². The summed E-state index contributed by atoms with van der Waals surface area (Å²) < 4.78 is 1.21. The molecule has 1 atom stereocenters. The van der Waals surface area contributed by atoms with Crippen molar-refractivity contribution in [2.45, 2.75) is 39.3 Å². The number of nitrogens with zero attached hydrogens (tertiary/aromatic N) is 3. The highest BCUT2D eigenvalue weighted by Gasteiger charge is 2.17. The number of benzene rings is 2. The van der Waals surface area contributed by atoms with E-state index in [2.05, 4.69) is 46.5 Å². The molecular weight excluding hydrogens is 376 g/mol. The van der Waals surface area contributed by atoms with Crippen LogP contribution in [0, 0.1) is 5.92 Å². The fraction of sp³-hybridized carbons (Fsp3) is 0.375. The molecule has 0 spiro atoms. The van der Waals surface area contributed by atoms with Crippen molar-refractivity contribution in [1.82, 2.24) is 15.1 Å². The Bertz CT molecular complexity index is 1080. The van der Waals surface area contributed by atoms with E-state index in [1.54, 1.807) is 12.3 Å². The average Bonchev–Trinajstić information content (AvgIpc) is 2.76. The van der Waals surface area contributed by atoms with Gasteiger partial charge in [-0.15, -0.1) is 0 Å². The Balaban J connectivity index is 1.39. The lowest BCUT2D eigenvalue weighted by atomic mass is 9.98. The largest absolute Gasteiger partial charge is 0.372 e. The number of nitrogens with one attached hydrogen (secondary N) is 1. The molecule has 0 aliphatic carbocycles. The van der Waals surface area contributed by atoms with Crippen molar-refractivity contribution in [1.29, 1.82) is 0 Å². The molecule has 0 unspecified atom stereocenters. The summed E-state index contributed by atoms with van der Waals surface area (Å²) in [5.74, 6) is 0.571. The molecule has 0 radical (unpaired) electrons. The maximum absolute atomic E-state index is 12.5. The highest BCUT2D eigenvalue weighted by atomic mass is 16.2. The minimum absolute atomic E-state index is 0.0992. The molecule has 0 bridgehead atoms. The van der Waals surface area contributed by atoms with Crippen molar-refractivity contribution in [3.05, 3.63) is 70.6 Å². The zero-order valence-electron chi connectivity index (χ0n) is 17.5. The summed E-state index contributed by atoms with van der Waals surface area (Å²) >= 11 is 0. The van der Waals surface area contributed by atoms with Crippen LogP contribution in [-0.2, 0) is 11.3 Å². The highest BCUT2D eigenvalue weighted by molar-refractivity contribution is 5.81. The van der Waals surface area contributed by atoms with Gasteiger partial charge in [-0.25, -0.2) is 4.68 Å². The van der Waals surface area contributed by atoms with Crippen LogP contribution < -0.4 is 15.8 Å². The van der Waals surface area contributed by atoms with Crippen molar-refractivity contribution in [3.8, 4) is 0 Å². The lowest BCUT2D eigenvalue weighted by Crippen LogP contribution is -2.35. The number of anilines is 1. The number of aromatic nitrogens is 2. The first-order valence-electron chi connectivity index (χ1n) is 10.6. The standard InChI is InChI=1S/C24H28N4O2/c1-17-11-13-27(14-12-17)21-9-7-19(8-10-21)18(2)26-23(29)16-28-24(30)22-6-4-3-5-20(22)15-25-28/h3-10,15,17-18H,11-14,16H2,1-2H3,(H,26,29)/t18-/m1/s1. The summed E-state index contributed by atoms with van der Waals surface area (Å²) in [6.07, 6.45) is 4.08. The molecule has 1 aliphatic rings. The molecule has 1 aromatic heterocycles. The molecule has 0 saturated carbocycles. The van der Waals surface area contributed by atoms with Gasteiger partial charge in [0.1, 0.15) is 6.54 Å². The first kappa shape index (κ1) is 20.1. The number of piperidine rings is 1. The normalized spacial score (nSPS) is 15.9. The Morgan fingerprint density at radius 1 is 1.13 bits per heavy atom. The Kier molecular flexibility index (Phi) is 5.84. The first-order chi connectivity index (χ1) is 14.5. The number of fused-ring (bicyclic) bond motifs is 1. The van der Waals surface area contributed by atoms with E-state index in [0.717, 1.165) is 30.0 Å². The second-order valence-corrected chi connectivity index (χ2v) is 8.24. The summed E-state index contributed by atoms with van der Waals surface area (Å²) in [5.41, 5.74) is 2.02. The molecule has 1 fully saturated rings. The van der Waals surface area contributed by atoms with Gasteiger partial charge < -0.3 is 10.2 Å². The van der Waals surface area contributed by atoms with E-state index in [-0.39, 0.29) is 24.1 Å². The zero-order chi connectivity index (χ0) is 21.1. The van der Waals surface area contributed by atoms with E-state index >= 15 is 0 Å². The summed E-state index contributed by atoms with van der Waals surface area (Å²) in [4.78, 5) is 27.5. The van der Waals surface area contributed by atoms with Crippen LogP contribution in [0.5, 0.6) is 0 Å². The van der Waals surface area contributed by atoms with Crippen molar-refractivity contribution < 1.29 is 4.79 Å². The monoisotopic (exact) mass is 404 g/mol. The topological polar surface area (TPSA) is 67.2 Å². The molecular formula is C24H28N4O2. The Labute approximate surface area is 176 Å². The van der Waals surface area contributed by atoms with Crippen LogP contribution in [-0.4, -0.2) is 28.8 Å². The van der Waals surface area contributed by atoms with Gasteiger partial charge in [0.25, 0.3) is 5.56 Å². The summed E-state index contributed by atoms with van der Waals surface area (Å²) in [6.45, 7) is 6.36. The summed E-state index contributed by atoms with van der Waals surface area (Å²) in [5, 5.41) is 8.45. The molecule has 4 rings (SSSR count). The van der Waals surface area contributed by atoms with Crippen LogP contribution in [0.3, 0.4) is 0 Å². The summed E-state index contributed by atoms with van der Waals surface area (Å²) in [7, 11) is 0. The molecule has 6 nitrogen and oxygen atoms in total. The fourth-order valence-electron chi connectivity index (χ4n) is 3.99. The molecule has 1 amide bonds. The lowest BCUT2D eigenvalue weighted by molar-refractivity contribution is -0.122. The smallest absolute Gasteiger partial charge is 0.275 e. The van der Waals surface area contributed by atoms with Crippen LogP contribution in [0.2, 0.25) is 0 Å². The molecule has 1 saturated heterocycles. The highest BCUT2D eigenvalue weighted by Crippen LogP contribution is 2.24. The van der Waals surface area contributed by atoms with Crippen LogP contribution in [0.4, 0.5) is 5.69 Å². The predicted octanol–water partition coefficient (Wildman–Crippen LogP) is 3.51. The van der Waals surface area contributed by atoms with Gasteiger partial charge in [0, 0.05) is 24.2 Å². The van der Waals surface area contributed by atoms with Gasteiger partial charge in [-0.3, -0.25) is 9.59 Å². The van der Waals surface area contributed by atoms with E-state index in [1.807, 2.05) is 25.1 Å². The maximum Gasteiger partial charge on any atom is 0.275 e. The van der Waals surface area contributed by atoms with Gasteiger partial charge in [0.15, 0.2) is 0 Å². The van der Waals surface area contributed by atoms with E-state index in [0.29, 0.717) is 5.39 Å². The number of hydrogen-bond acceptors (Lipinski definition) is 4. The fourth-order valence-corrected chi connectivity index (χ4v) is 3.99. The SMILES string of the molecule is CC1CCN(c2ccc([C@@H](C)NC(=O)Cn3ncc4ccccc4c3=O)cc2)CC1. The van der Waals surface area contributed by atoms with Gasteiger partial charge in [0.2, 0.25) is 5.91 Å². The molecule has 1 aliphatic heterocycles. The Hall–Kier alpha value is -3.15. The number of carbonyl (C=O) groups is 1. The van der Waals surface area contributed by atoms with Crippen molar-refractivity contribution in [2.24, 2.45) is 5.92 Å². The molecule has 6 heteroatoms. The molecule has 1 N–H and O–H groups in total. The summed E-state index contributed by atoms with van der Waals surface area (Å²) in [6, 6.07) is 15.5. The zero-order valence-corrected chi connectivity index (χ0v) is 17.5. The first-order valence-corrected chi connectivity index (χ1v) is 10.6. The second-order valence-electron chi connectivity index (χ2n) is 8.24. The predicted molar refractivity (Wildman–Crippen MR) is 120 cm³/mol. The van der Waals surface area contributed by atoms with Crippen LogP contribution in [0.25, 0.3) is 10.8 Å². The van der Waals surface area contributed by atoms with E-state index in [4.69, 9.17) is 0 Å². The van der Waals surface area contributed by atoms with Gasteiger partial charge in [-0.2, -0.15) is 5.10 Å². The Morgan fingerprint density at radius 3 is 2.57 bits per heavy atom.